The molecule has 1 N–H and O–H groups in total. The number of ether oxygens (including phenoxy) is 2. The van der Waals surface area contributed by atoms with E-state index in [1.807, 2.05) is 0 Å². The average molecular weight is 262 g/mol. The Hall–Kier alpha value is -1.13. The molecule has 4 rings (SSSR count). The molecule has 6 atom stereocenters. The lowest BCUT2D eigenvalue weighted by atomic mass is 9.78. The quantitative estimate of drug-likeness (QED) is 0.308. The van der Waals surface area contributed by atoms with Gasteiger partial charge in [-0.15, -0.1) is 0 Å². The number of epoxide rings is 1. The number of hydrogen-bond acceptors (Lipinski definition) is 4. The molecular weight excluding hydrogens is 244 g/mol. The highest BCUT2D eigenvalue weighted by atomic mass is 16.6. The Morgan fingerprint density at radius 3 is 2.89 bits per heavy atom. The molecule has 0 radical (unpaired) electrons. The zero-order chi connectivity index (χ0) is 13.4. The fourth-order valence-corrected chi connectivity index (χ4v) is 4.35. The van der Waals surface area contributed by atoms with Crippen molar-refractivity contribution in [2.24, 2.45) is 17.8 Å². The molecule has 0 aromatic heterocycles. The van der Waals surface area contributed by atoms with E-state index in [2.05, 4.69) is 19.6 Å². The van der Waals surface area contributed by atoms with Crippen LogP contribution in [0.1, 0.15) is 19.8 Å². The summed E-state index contributed by atoms with van der Waals surface area (Å²) < 4.78 is 11.3. The van der Waals surface area contributed by atoms with Crippen molar-refractivity contribution in [1.29, 1.82) is 0 Å². The third kappa shape index (κ3) is 1.39. The zero-order valence-electron chi connectivity index (χ0n) is 11.0. The van der Waals surface area contributed by atoms with Gasteiger partial charge in [0.15, 0.2) is 0 Å². The fourth-order valence-electron chi connectivity index (χ4n) is 4.35. The number of allylic oxidation sites excluding steroid dienone is 1. The molecular formula is C15H18O4. The molecule has 3 fully saturated rings. The molecule has 0 aromatic rings. The van der Waals surface area contributed by atoms with Crippen LogP contribution in [0.4, 0.5) is 0 Å². The van der Waals surface area contributed by atoms with Gasteiger partial charge >= 0.3 is 5.97 Å². The van der Waals surface area contributed by atoms with Gasteiger partial charge in [-0.05, 0) is 13.3 Å². The summed E-state index contributed by atoms with van der Waals surface area (Å²) in [5.74, 6) is -0.117. The zero-order valence-corrected chi connectivity index (χ0v) is 11.0. The predicted octanol–water partition coefficient (Wildman–Crippen LogP) is 1.20. The molecule has 2 aliphatic heterocycles. The van der Waals surface area contributed by atoms with Crippen molar-refractivity contribution in [3.05, 3.63) is 23.8 Å². The van der Waals surface area contributed by atoms with Gasteiger partial charge in [0.2, 0.25) is 0 Å². The van der Waals surface area contributed by atoms with Gasteiger partial charge in [-0.25, -0.2) is 4.79 Å². The van der Waals surface area contributed by atoms with E-state index < -0.39 is 6.10 Å². The summed E-state index contributed by atoms with van der Waals surface area (Å²) in [5.41, 5.74) is 1.48. The summed E-state index contributed by atoms with van der Waals surface area (Å²) in [6.07, 6.45) is 2.91. The molecule has 19 heavy (non-hydrogen) atoms. The Kier molecular flexibility index (Phi) is 2.15. The van der Waals surface area contributed by atoms with Crippen molar-refractivity contribution in [3.63, 3.8) is 0 Å². The Morgan fingerprint density at radius 2 is 2.21 bits per heavy atom. The molecule has 2 aliphatic carbocycles. The van der Waals surface area contributed by atoms with E-state index in [4.69, 9.17) is 9.47 Å². The van der Waals surface area contributed by atoms with Crippen LogP contribution in [0, 0.1) is 17.8 Å². The first-order valence-corrected chi connectivity index (χ1v) is 6.92. The summed E-state index contributed by atoms with van der Waals surface area (Å²) in [4.78, 5) is 11.8. The maximum absolute atomic E-state index is 11.8. The monoisotopic (exact) mass is 262 g/mol. The van der Waals surface area contributed by atoms with Gasteiger partial charge in [-0.2, -0.15) is 0 Å². The number of carbonyl (C=O) groups is 1. The lowest BCUT2D eigenvalue weighted by Gasteiger charge is -2.28. The van der Waals surface area contributed by atoms with Crippen molar-refractivity contribution in [2.75, 3.05) is 6.61 Å². The number of esters is 1. The summed E-state index contributed by atoms with van der Waals surface area (Å²) in [5, 5.41) is 10.5. The van der Waals surface area contributed by atoms with Crippen LogP contribution in [0.15, 0.2) is 23.8 Å². The van der Waals surface area contributed by atoms with Gasteiger partial charge in [-0.1, -0.05) is 18.2 Å². The van der Waals surface area contributed by atoms with Gasteiger partial charge in [-0.3, -0.25) is 0 Å². The molecule has 4 nitrogen and oxygen atoms in total. The minimum Gasteiger partial charge on any atom is -0.458 e. The summed E-state index contributed by atoms with van der Waals surface area (Å²) in [6.45, 7) is 6.63. The van der Waals surface area contributed by atoms with E-state index >= 15 is 0 Å². The first-order valence-electron chi connectivity index (χ1n) is 6.92. The molecule has 0 aromatic carbocycles. The second-order valence-corrected chi connectivity index (χ2v) is 6.36. The van der Waals surface area contributed by atoms with E-state index in [-0.39, 0.29) is 29.5 Å². The van der Waals surface area contributed by atoms with Crippen molar-refractivity contribution >= 4 is 5.97 Å². The largest absolute Gasteiger partial charge is 0.458 e. The highest BCUT2D eigenvalue weighted by molar-refractivity contribution is 5.91. The summed E-state index contributed by atoms with van der Waals surface area (Å²) in [7, 11) is 0. The van der Waals surface area contributed by atoms with Crippen LogP contribution in [0.2, 0.25) is 0 Å². The Bertz CT molecular complexity index is 502. The van der Waals surface area contributed by atoms with Crippen molar-refractivity contribution in [1.82, 2.24) is 0 Å². The molecule has 0 amide bonds. The summed E-state index contributed by atoms with van der Waals surface area (Å²) in [6, 6.07) is 0. The van der Waals surface area contributed by atoms with E-state index in [9.17, 15) is 9.90 Å². The normalized spacial score (nSPS) is 51.5. The second-order valence-electron chi connectivity index (χ2n) is 6.36. The molecule has 1 unspecified atom stereocenters. The minimum atomic E-state index is -0.593. The molecule has 1 saturated carbocycles. The highest BCUT2D eigenvalue weighted by Crippen LogP contribution is 2.57. The van der Waals surface area contributed by atoms with Gasteiger partial charge < -0.3 is 14.6 Å². The predicted molar refractivity (Wildman–Crippen MR) is 67.2 cm³/mol. The number of fused-ring (bicyclic) bond motifs is 4. The van der Waals surface area contributed by atoms with Gasteiger partial charge in [0.05, 0.1) is 24.2 Å². The molecule has 102 valence electrons. The number of aliphatic hydroxyl groups excluding tert-OH is 1. The first kappa shape index (κ1) is 11.7. The topological polar surface area (TPSA) is 59.1 Å². The van der Waals surface area contributed by atoms with Crippen LogP contribution in [0.25, 0.3) is 0 Å². The standard InChI is InChI=1S/C15H18O4/c1-7-3-4-9-11(7)13-12(8(2)14(17)19-13)10(16)5-15(9)6-18-15/h3,9-13,16H,2,4-6H2,1H3/t9-,10-,11+,12?,13-,15-/m1/s1. The third-order valence-electron chi connectivity index (χ3n) is 5.43. The lowest BCUT2D eigenvalue weighted by Crippen LogP contribution is -2.34. The molecule has 4 heteroatoms. The average Bonchev–Trinajstić information content (AvgIpc) is 2.95. The van der Waals surface area contributed by atoms with Crippen LogP contribution in [-0.4, -0.2) is 35.5 Å². The van der Waals surface area contributed by atoms with Crippen molar-refractivity contribution < 1.29 is 19.4 Å². The SMILES string of the molecule is C=C1C(=O)O[C@H]2C1[C@H](O)C[C@@]1(CO1)[C@@H]1CC=C(C)[C@@H]12. The number of aliphatic hydroxyl groups is 1. The maximum atomic E-state index is 11.8. The van der Waals surface area contributed by atoms with Crippen molar-refractivity contribution in [2.45, 2.75) is 37.6 Å². The first-order chi connectivity index (χ1) is 9.03. The number of carbonyl (C=O) groups excluding carboxylic acids is 1. The van der Waals surface area contributed by atoms with Gasteiger partial charge in [0.1, 0.15) is 6.10 Å². The van der Waals surface area contributed by atoms with Crippen LogP contribution < -0.4 is 0 Å². The van der Waals surface area contributed by atoms with E-state index in [1.54, 1.807) is 0 Å². The van der Waals surface area contributed by atoms with Crippen molar-refractivity contribution in [3.8, 4) is 0 Å². The van der Waals surface area contributed by atoms with Crippen LogP contribution in [0.5, 0.6) is 0 Å². The molecule has 4 aliphatic rings. The number of hydrogen-bond donors (Lipinski definition) is 1. The summed E-state index contributed by atoms with van der Waals surface area (Å²) >= 11 is 0. The Labute approximate surface area is 112 Å². The van der Waals surface area contributed by atoms with Gasteiger partial charge in [0, 0.05) is 23.8 Å². The highest BCUT2D eigenvalue weighted by Gasteiger charge is 2.64. The third-order valence-corrected chi connectivity index (χ3v) is 5.43. The van der Waals surface area contributed by atoms with E-state index in [0.717, 1.165) is 6.42 Å². The second kappa shape index (κ2) is 3.49. The van der Waals surface area contributed by atoms with Gasteiger partial charge in [0.25, 0.3) is 0 Å². The fraction of sp³-hybridized carbons (Fsp3) is 0.667. The molecule has 0 bridgehead atoms. The molecule has 2 heterocycles. The molecule has 2 saturated heterocycles. The minimum absolute atomic E-state index is 0.174. The van der Waals surface area contributed by atoms with Crippen LogP contribution in [0.3, 0.4) is 0 Å². The smallest absolute Gasteiger partial charge is 0.334 e. The lowest BCUT2D eigenvalue weighted by molar-refractivity contribution is -0.141. The van der Waals surface area contributed by atoms with E-state index in [1.165, 1.54) is 5.57 Å². The van der Waals surface area contributed by atoms with Crippen LogP contribution in [-0.2, 0) is 14.3 Å². The van der Waals surface area contributed by atoms with E-state index in [0.29, 0.717) is 24.5 Å². The molecule has 1 spiro atoms. The Morgan fingerprint density at radius 1 is 1.47 bits per heavy atom. The Balaban J connectivity index is 1.80. The maximum Gasteiger partial charge on any atom is 0.334 e. The van der Waals surface area contributed by atoms with Crippen LogP contribution >= 0.6 is 0 Å². The number of rotatable bonds is 0.